The SMILES string of the molecule is C=C/C=C\N=C(N)CCC.O=C(NC1CCCCC1)OCc1ccccc1. The molecular formula is C22H33N3O2. The van der Waals surface area contributed by atoms with Crippen LogP contribution in [0.15, 0.2) is 60.3 Å². The van der Waals surface area contributed by atoms with Gasteiger partial charge in [-0.1, -0.05) is 69.2 Å². The maximum absolute atomic E-state index is 11.6. The minimum Gasteiger partial charge on any atom is -0.445 e. The lowest BCUT2D eigenvalue weighted by atomic mass is 9.96. The fraction of sp³-hybridized carbons (Fsp3) is 0.455. The fourth-order valence-electron chi connectivity index (χ4n) is 2.70. The van der Waals surface area contributed by atoms with Crippen LogP contribution in [0.3, 0.4) is 0 Å². The molecular weight excluding hydrogens is 338 g/mol. The lowest BCUT2D eigenvalue weighted by Gasteiger charge is -2.22. The van der Waals surface area contributed by atoms with E-state index in [4.69, 9.17) is 10.5 Å². The van der Waals surface area contributed by atoms with Crippen molar-refractivity contribution in [3.63, 3.8) is 0 Å². The first-order valence-electron chi connectivity index (χ1n) is 9.72. The van der Waals surface area contributed by atoms with Crippen molar-refractivity contribution in [3.8, 4) is 0 Å². The predicted octanol–water partition coefficient (Wildman–Crippen LogP) is 5.09. The van der Waals surface area contributed by atoms with Crippen molar-refractivity contribution in [1.29, 1.82) is 0 Å². The maximum Gasteiger partial charge on any atom is 0.407 e. The molecule has 0 saturated heterocycles. The smallest absolute Gasteiger partial charge is 0.407 e. The van der Waals surface area contributed by atoms with E-state index in [0.29, 0.717) is 18.5 Å². The van der Waals surface area contributed by atoms with Crippen LogP contribution in [0.25, 0.3) is 0 Å². The topological polar surface area (TPSA) is 76.7 Å². The van der Waals surface area contributed by atoms with Gasteiger partial charge >= 0.3 is 6.09 Å². The van der Waals surface area contributed by atoms with Gasteiger partial charge in [-0.3, -0.25) is 0 Å². The molecule has 0 radical (unpaired) electrons. The van der Waals surface area contributed by atoms with Gasteiger partial charge in [-0.15, -0.1) is 0 Å². The summed E-state index contributed by atoms with van der Waals surface area (Å²) in [6, 6.07) is 10.1. The van der Waals surface area contributed by atoms with Crippen molar-refractivity contribution in [2.75, 3.05) is 0 Å². The van der Waals surface area contributed by atoms with Crippen LogP contribution in [0.5, 0.6) is 0 Å². The Bertz CT molecular complexity index is 591. The summed E-state index contributed by atoms with van der Waals surface area (Å²) in [4.78, 5) is 15.5. The lowest BCUT2D eigenvalue weighted by Crippen LogP contribution is -2.36. The van der Waals surface area contributed by atoms with E-state index in [1.54, 1.807) is 18.4 Å². The minimum absolute atomic E-state index is 0.291. The number of rotatable bonds is 7. The third kappa shape index (κ3) is 11.6. The molecule has 0 bridgehead atoms. The Morgan fingerprint density at radius 3 is 2.63 bits per heavy atom. The Morgan fingerprint density at radius 1 is 1.30 bits per heavy atom. The molecule has 1 saturated carbocycles. The van der Waals surface area contributed by atoms with Gasteiger partial charge in [0.15, 0.2) is 0 Å². The zero-order valence-electron chi connectivity index (χ0n) is 16.4. The number of hydrogen-bond acceptors (Lipinski definition) is 3. The molecule has 0 atom stereocenters. The van der Waals surface area contributed by atoms with E-state index in [-0.39, 0.29) is 6.09 Å². The second kappa shape index (κ2) is 14.6. The van der Waals surface area contributed by atoms with E-state index in [2.05, 4.69) is 23.8 Å². The molecule has 0 unspecified atom stereocenters. The van der Waals surface area contributed by atoms with Crippen molar-refractivity contribution in [2.24, 2.45) is 10.7 Å². The number of hydrogen-bond donors (Lipinski definition) is 2. The molecule has 3 N–H and O–H groups in total. The van der Waals surface area contributed by atoms with Crippen molar-refractivity contribution >= 4 is 11.9 Å². The van der Waals surface area contributed by atoms with Gasteiger partial charge in [0.2, 0.25) is 0 Å². The van der Waals surface area contributed by atoms with Gasteiger partial charge in [-0.05, 0) is 30.9 Å². The number of amides is 1. The quantitative estimate of drug-likeness (QED) is 0.398. The van der Waals surface area contributed by atoms with Gasteiger partial charge < -0.3 is 15.8 Å². The molecule has 0 heterocycles. The van der Waals surface area contributed by atoms with Gasteiger partial charge in [0, 0.05) is 18.7 Å². The van der Waals surface area contributed by atoms with Gasteiger partial charge in [-0.2, -0.15) is 0 Å². The molecule has 2 rings (SSSR count). The highest BCUT2D eigenvalue weighted by molar-refractivity contribution is 5.80. The summed E-state index contributed by atoms with van der Waals surface area (Å²) in [5.74, 6) is 0.681. The van der Waals surface area contributed by atoms with Crippen LogP contribution in [0, 0.1) is 0 Å². The number of nitrogens with two attached hydrogens (primary N) is 1. The molecule has 148 valence electrons. The van der Waals surface area contributed by atoms with E-state index in [1.807, 2.05) is 30.3 Å². The van der Waals surface area contributed by atoms with Gasteiger partial charge in [0.25, 0.3) is 0 Å². The molecule has 1 amide bonds. The number of aliphatic imine (C=N–C) groups is 1. The number of amidine groups is 1. The number of alkyl carbamates (subject to hydrolysis) is 1. The van der Waals surface area contributed by atoms with Crippen molar-refractivity contribution < 1.29 is 9.53 Å². The number of carbonyl (C=O) groups excluding carboxylic acids is 1. The second-order valence-electron chi connectivity index (χ2n) is 6.49. The Morgan fingerprint density at radius 2 is 2.00 bits per heavy atom. The van der Waals surface area contributed by atoms with Crippen LogP contribution in [0.1, 0.15) is 57.4 Å². The third-order valence-corrected chi connectivity index (χ3v) is 4.11. The van der Waals surface area contributed by atoms with E-state index in [9.17, 15) is 4.79 Å². The predicted molar refractivity (Wildman–Crippen MR) is 113 cm³/mol. The highest BCUT2D eigenvalue weighted by atomic mass is 16.5. The summed E-state index contributed by atoms with van der Waals surface area (Å²) in [6.45, 7) is 5.92. The molecule has 1 aliphatic carbocycles. The van der Waals surface area contributed by atoms with Crippen LogP contribution in [0.2, 0.25) is 0 Å². The number of carbonyl (C=O) groups is 1. The summed E-state index contributed by atoms with van der Waals surface area (Å²) in [5, 5.41) is 2.93. The Balaban J connectivity index is 0.000000314. The van der Waals surface area contributed by atoms with Crippen molar-refractivity contribution in [2.45, 2.75) is 64.5 Å². The summed E-state index contributed by atoms with van der Waals surface area (Å²) in [5.41, 5.74) is 6.51. The normalized spacial score (nSPS) is 14.9. The standard InChI is InChI=1S/C14H19NO2.C8H14N2/c16-14(15-13-9-5-2-6-10-13)17-11-12-7-3-1-4-8-12;1-3-5-7-10-8(9)6-4-2/h1,3-4,7-8,13H,2,5-6,9-11H2,(H,15,16);3,5,7H,1,4,6H2,2H3,(H2,9,10)/b;7-5-. The van der Waals surface area contributed by atoms with Crippen LogP contribution >= 0.6 is 0 Å². The number of nitrogens with zero attached hydrogens (tertiary/aromatic N) is 1. The zero-order valence-corrected chi connectivity index (χ0v) is 16.4. The Labute approximate surface area is 163 Å². The summed E-state index contributed by atoms with van der Waals surface area (Å²) >= 11 is 0. The number of benzene rings is 1. The maximum atomic E-state index is 11.6. The fourth-order valence-corrected chi connectivity index (χ4v) is 2.70. The lowest BCUT2D eigenvalue weighted by molar-refractivity contribution is 0.133. The van der Waals surface area contributed by atoms with Crippen LogP contribution < -0.4 is 11.1 Å². The molecule has 1 fully saturated rings. The van der Waals surface area contributed by atoms with Crippen LogP contribution in [-0.4, -0.2) is 18.0 Å². The molecule has 1 aromatic rings. The van der Waals surface area contributed by atoms with E-state index in [0.717, 1.165) is 31.2 Å². The first kappa shape index (κ1) is 22.5. The molecule has 1 aromatic carbocycles. The highest BCUT2D eigenvalue weighted by Crippen LogP contribution is 2.17. The molecule has 27 heavy (non-hydrogen) atoms. The average molecular weight is 372 g/mol. The number of allylic oxidation sites excluding steroid dienone is 2. The molecule has 5 heteroatoms. The Hall–Kier alpha value is -2.56. The van der Waals surface area contributed by atoms with E-state index < -0.39 is 0 Å². The largest absolute Gasteiger partial charge is 0.445 e. The zero-order chi connectivity index (χ0) is 19.7. The van der Waals surface area contributed by atoms with Gasteiger partial charge in [0.05, 0.1) is 5.84 Å². The minimum atomic E-state index is -0.291. The summed E-state index contributed by atoms with van der Waals surface area (Å²) < 4.78 is 5.18. The highest BCUT2D eigenvalue weighted by Gasteiger charge is 2.16. The molecule has 0 aliphatic heterocycles. The molecule has 0 aromatic heterocycles. The number of ether oxygens (including phenoxy) is 1. The second-order valence-corrected chi connectivity index (χ2v) is 6.49. The van der Waals surface area contributed by atoms with Crippen LogP contribution in [0.4, 0.5) is 4.79 Å². The van der Waals surface area contributed by atoms with Gasteiger partial charge in [-0.25, -0.2) is 9.79 Å². The first-order valence-corrected chi connectivity index (χ1v) is 9.72. The molecule has 1 aliphatic rings. The summed E-state index contributed by atoms with van der Waals surface area (Å²) in [6.07, 6.45) is 12.6. The molecule has 5 nitrogen and oxygen atoms in total. The number of nitrogens with one attached hydrogen (secondary N) is 1. The average Bonchev–Trinajstić information content (AvgIpc) is 2.69. The first-order chi connectivity index (χ1) is 13.2. The van der Waals surface area contributed by atoms with E-state index >= 15 is 0 Å². The monoisotopic (exact) mass is 371 g/mol. The van der Waals surface area contributed by atoms with Gasteiger partial charge in [0.1, 0.15) is 6.61 Å². The molecule has 0 spiro atoms. The van der Waals surface area contributed by atoms with Crippen molar-refractivity contribution in [1.82, 2.24) is 5.32 Å². The third-order valence-electron chi connectivity index (χ3n) is 4.11. The van der Waals surface area contributed by atoms with E-state index in [1.165, 1.54) is 19.3 Å². The Kier molecular flexibility index (Phi) is 12.2. The van der Waals surface area contributed by atoms with Crippen molar-refractivity contribution in [3.05, 3.63) is 60.8 Å². The summed E-state index contributed by atoms with van der Waals surface area (Å²) in [7, 11) is 0. The van der Waals surface area contributed by atoms with Crippen LogP contribution in [-0.2, 0) is 11.3 Å².